The van der Waals surface area contributed by atoms with Crippen LogP contribution in [0, 0.1) is 32.9 Å². The molecule has 5 heteroatoms. The van der Waals surface area contributed by atoms with E-state index in [0.717, 1.165) is 44.6 Å². The molecule has 0 atom stereocenters. The second-order valence-corrected chi connectivity index (χ2v) is 12.3. The normalized spacial score (nSPS) is 13.2. The van der Waals surface area contributed by atoms with Crippen molar-refractivity contribution in [1.82, 2.24) is 15.0 Å². The predicted octanol–water partition coefficient (Wildman–Crippen LogP) is 11.0. The zero-order chi connectivity index (χ0) is 31.5. The van der Waals surface area contributed by atoms with Gasteiger partial charge in [0.15, 0.2) is 0 Å². The Bertz CT molecular complexity index is 2060. The van der Waals surface area contributed by atoms with Crippen molar-refractivity contribution in [3.63, 3.8) is 0 Å². The Hall–Kier alpha value is -4.44. The summed E-state index contributed by atoms with van der Waals surface area (Å²) in [5.74, 6) is 0.631. The molecule has 0 saturated heterocycles. The first-order chi connectivity index (χ1) is 22.6. The molecule has 0 bridgehead atoms. The molecule has 3 aromatic carbocycles. The number of aryl methyl sites for hydroxylation is 3. The number of rotatable bonds is 4. The van der Waals surface area contributed by atoms with E-state index in [0.29, 0.717) is 11.6 Å². The topological polar surface area (TPSA) is 51.8 Å². The van der Waals surface area contributed by atoms with E-state index in [4.69, 9.17) is 14.4 Å². The van der Waals surface area contributed by atoms with Crippen molar-refractivity contribution in [3.05, 3.63) is 138 Å². The van der Waals surface area contributed by atoms with Crippen LogP contribution in [-0.2, 0) is 20.1 Å². The number of aromatic nitrogens is 3. The Morgan fingerprint density at radius 1 is 0.681 bits per heavy atom. The molecule has 47 heavy (non-hydrogen) atoms. The summed E-state index contributed by atoms with van der Waals surface area (Å²) >= 11 is 0. The summed E-state index contributed by atoms with van der Waals surface area (Å²) in [4.78, 5) is 14.0. The fourth-order valence-electron chi connectivity index (χ4n) is 6.77. The Morgan fingerprint density at radius 3 is 2.23 bits per heavy atom. The summed E-state index contributed by atoms with van der Waals surface area (Å²) in [5.41, 5.74) is 12.6. The standard InChI is InChI=1S/C31H29N2O.C11H8N.Ir/c1-19-9-7-10-20(2)29(19)27-16-15-24-23-13-8-14-25(30(23)34-31(24)33-27)28-17-26(21(3)18-32-28)22-11-5-4-6-12-22;1-2-6-10(7-3-1)11-8-4-5-9-12-11;/h7-10,13,15-18,22H,4-6,11-12H2,1-3H3;1-6,8-9H;/q2*-1;. The smallest absolute Gasteiger partial charge is 0.216 e. The summed E-state index contributed by atoms with van der Waals surface area (Å²) in [6, 6.07) is 37.2. The molecule has 4 nitrogen and oxygen atoms in total. The van der Waals surface area contributed by atoms with Gasteiger partial charge in [-0.1, -0.05) is 66.6 Å². The molecule has 0 spiro atoms. The first-order valence-corrected chi connectivity index (χ1v) is 16.2. The minimum atomic E-state index is 0. The number of pyridine rings is 3. The van der Waals surface area contributed by atoms with Gasteiger partial charge in [0.25, 0.3) is 0 Å². The second-order valence-electron chi connectivity index (χ2n) is 12.3. The number of nitrogens with zero attached hydrogens (tertiary/aromatic N) is 3. The molecule has 4 heterocycles. The van der Waals surface area contributed by atoms with Gasteiger partial charge in [-0.3, -0.25) is 0 Å². The maximum Gasteiger partial charge on any atom is 0.216 e. The van der Waals surface area contributed by atoms with Gasteiger partial charge in [0.1, 0.15) is 0 Å². The van der Waals surface area contributed by atoms with Crippen molar-refractivity contribution in [2.45, 2.75) is 58.8 Å². The molecule has 1 fully saturated rings. The van der Waals surface area contributed by atoms with E-state index >= 15 is 0 Å². The van der Waals surface area contributed by atoms with Crippen LogP contribution in [0.15, 0.2) is 108 Å². The number of fused-ring (bicyclic) bond motifs is 3. The summed E-state index contributed by atoms with van der Waals surface area (Å²) in [6.07, 6.45) is 10.4. The van der Waals surface area contributed by atoms with Gasteiger partial charge in [-0.25, -0.2) is 4.98 Å². The maximum absolute atomic E-state index is 6.41. The fourth-order valence-corrected chi connectivity index (χ4v) is 6.77. The third-order valence-electron chi connectivity index (χ3n) is 9.13. The van der Waals surface area contributed by atoms with Crippen LogP contribution in [0.4, 0.5) is 0 Å². The molecule has 8 rings (SSSR count). The average Bonchev–Trinajstić information content (AvgIpc) is 3.48. The van der Waals surface area contributed by atoms with Gasteiger partial charge in [0.2, 0.25) is 5.71 Å². The molecule has 1 radical (unpaired) electrons. The zero-order valence-electron chi connectivity index (χ0n) is 27.0. The minimum Gasteiger partial charge on any atom is -0.486 e. The molecule has 4 aromatic heterocycles. The van der Waals surface area contributed by atoms with Crippen molar-refractivity contribution >= 4 is 22.1 Å². The van der Waals surface area contributed by atoms with Gasteiger partial charge in [-0.05, 0) is 91.4 Å². The van der Waals surface area contributed by atoms with Crippen LogP contribution in [0.25, 0.3) is 55.8 Å². The zero-order valence-corrected chi connectivity index (χ0v) is 29.4. The molecule has 0 unspecified atom stereocenters. The van der Waals surface area contributed by atoms with Gasteiger partial charge >= 0.3 is 0 Å². The molecule has 0 aliphatic heterocycles. The van der Waals surface area contributed by atoms with Gasteiger partial charge in [0.05, 0.1) is 11.3 Å². The van der Waals surface area contributed by atoms with Crippen LogP contribution >= 0.6 is 0 Å². The van der Waals surface area contributed by atoms with E-state index in [1.54, 1.807) is 6.20 Å². The van der Waals surface area contributed by atoms with E-state index in [2.05, 4.69) is 80.4 Å². The Labute approximate surface area is 290 Å². The van der Waals surface area contributed by atoms with Crippen molar-refractivity contribution in [3.8, 4) is 33.8 Å². The fraction of sp³-hybridized carbons (Fsp3) is 0.214. The molecular weight excluding hydrogens is 755 g/mol. The van der Waals surface area contributed by atoms with E-state index in [-0.39, 0.29) is 20.1 Å². The summed E-state index contributed by atoms with van der Waals surface area (Å²) in [7, 11) is 0. The molecule has 7 aromatic rings. The first-order valence-electron chi connectivity index (χ1n) is 16.2. The van der Waals surface area contributed by atoms with E-state index < -0.39 is 0 Å². The summed E-state index contributed by atoms with van der Waals surface area (Å²) in [6.45, 7) is 6.45. The second kappa shape index (κ2) is 14.5. The number of benzene rings is 3. The van der Waals surface area contributed by atoms with Crippen molar-refractivity contribution in [2.75, 3.05) is 0 Å². The minimum absolute atomic E-state index is 0. The molecule has 1 aliphatic carbocycles. The number of furan rings is 1. The van der Waals surface area contributed by atoms with Crippen LogP contribution in [0.1, 0.15) is 60.3 Å². The molecule has 237 valence electrons. The van der Waals surface area contributed by atoms with E-state index in [9.17, 15) is 0 Å². The predicted molar refractivity (Wildman–Crippen MR) is 188 cm³/mol. The van der Waals surface area contributed by atoms with Crippen LogP contribution in [0.2, 0.25) is 0 Å². The van der Waals surface area contributed by atoms with Crippen LogP contribution in [-0.4, -0.2) is 15.0 Å². The average molecular weight is 792 g/mol. The van der Waals surface area contributed by atoms with E-state index in [1.165, 1.54) is 59.9 Å². The first kappa shape index (κ1) is 32.5. The quantitative estimate of drug-likeness (QED) is 0.167. The molecule has 0 amide bonds. The molecular formula is C42H37IrN3O-2. The summed E-state index contributed by atoms with van der Waals surface area (Å²) in [5, 5.41) is 2.09. The summed E-state index contributed by atoms with van der Waals surface area (Å²) < 4.78 is 6.41. The van der Waals surface area contributed by atoms with Gasteiger partial charge in [-0.15, -0.1) is 54.1 Å². The maximum atomic E-state index is 6.41. The SMILES string of the molecule is Cc1cnc(-c2[c-]ccc3c2oc2nc(-c4c(C)cccc4C)ccc23)cc1C1CCCCC1.[Ir].[c-]1ccccc1-c1ccccn1. The Balaban J connectivity index is 0.000000250. The number of hydrogen-bond acceptors (Lipinski definition) is 4. The molecule has 1 aliphatic rings. The number of hydrogen-bond donors (Lipinski definition) is 0. The third-order valence-corrected chi connectivity index (χ3v) is 9.13. The third kappa shape index (κ3) is 6.83. The van der Waals surface area contributed by atoms with Crippen LogP contribution in [0.3, 0.4) is 0 Å². The Morgan fingerprint density at radius 2 is 1.49 bits per heavy atom. The largest absolute Gasteiger partial charge is 0.486 e. The van der Waals surface area contributed by atoms with Crippen LogP contribution < -0.4 is 0 Å². The van der Waals surface area contributed by atoms with Crippen molar-refractivity contribution < 1.29 is 24.5 Å². The van der Waals surface area contributed by atoms with Crippen molar-refractivity contribution in [1.29, 1.82) is 0 Å². The van der Waals surface area contributed by atoms with Gasteiger partial charge in [0, 0.05) is 43.4 Å². The van der Waals surface area contributed by atoms with E-state index in [1.807, 2.05) is 54.7 Å². The van der Waals surface area contributed by atoms with Crippen LogP contribution in [0.5, 0.6) is 0 Å². The van der Waals surface area contributed by atoms with Crippen molar-refractivity contribution in [2.24, 2.45) is 0 Å². The molecule has 0 N–H and O–H groups in total. The Kier molecular flexibility index (Phi) is 10.1. The van der Waals surface area contributed by atoms with Gasteiger partial charge < -0.3 is 14.4 Å². The monoisotopic (exact) mass is 792 g/mol. The molecule has 1 saturated carbocycles. The van der Waals surface area contributed by atoms with Gasteiger partial charge in [-0.2, -0.15) is 0 Å².